The third-order valence-corrected chi connectivity index (χ3v) is 2.11. The van der Waals surface area contributed by atoms with Crippen molar-refractivity contribution in [1.82, 2.24) is 10.3 Å². The normalized spacial score (nSPS) is 17.9. The number of hydrogen-bond acceptors (Lipinski definition) is 2. The molecule has 1 fully saturated rings. The van der Waals surface area contributed by atoms with E-state index in [4.69, 9.17) is 0 Å². The molecule has 0 atom stereocenters. The van der Waals surface area contributed by atoms with E-state index in [1.165, 1.54) is 5.69 Å². The summed E-state index contributed by atoms with van der Waals surface area (Å²) in [7, 11) is 0. The number of nitrogens with one attached hydrogen (secondary N) is 1. The molecule has 1 aromatic rings. The summed E-state index contributed by atoms with van der Waals surface area (Å²) in [5.41, 5.74) is 2.36. The summed E-state index contributed by atoms with van der Waals surface area (Å²) in [5.74, 6) is 0.662. The fraction of sp³-hybridized carbons (Fsp3) is 0.444. The molecule has 0 unspecified atom stereocenters. The number of hydrogen-bond donors (Lipinski definition) is 1. The van der Waals surface area contributed by atoms with Gasteiger partial charge >= 0.3 is 0 Å². The smallest absolute Gasteiger partial charge is 0.0463 e. The van der Waals surface area contributed by atoms with Gasteiger partial charge in [-0.15, -0.1) is 0 Å². The van der Waals surface area contributed by atoms with Crippen LogP contribution < -0.4 is 5.32 Å². The van der Waals surface area contributed by atoms with Crippen molar-refractivity contribution in [1.29, 1.82) is 0 Å². The van der Waals surface area contributed by atoms with Gasteiger partial charge in [0.2, 0.25) is 0 Å². The molecular formula is C9H12N2. The van der Waals surface area contributed by atoms with Crippen LogP contribution in [0.25, 0.3) is 0 Å². The van der Waals surface area contributed by atoms with Crippen LogP contribution >= 0.6 is 0 Å². The SMILES string of the molecule is Cc1cccc(C2CNC2)n1. The number of aromatic nitrogens is 1. The molecule has 0 amide bonds. The maximum Gasteiger partial charge on any atom is 0.0463 e. The molecule has 0 bridgehead atoms. The highest BCUT2D eigenvalue weighted by molar-refractivity contribution is 5.16. The predicted molar refractivity (Wildman–Crippen MR) is 44.6 cm³/mol. The van der Waals surface area contributed by atoms with Crippen LogP contribution in [0, 0.1) is 6.92 Å². The van der Waals surface area contributed by atoms with Gasteiger partial charge < -0.3 is 5.32 Å². The highest BCUT2D eigenvalue weighted by atomic mass is 15.0. The Kier molecular flexibility index (Phi) is 1.62. The number of nitrogens with zero attached hydrogens (tertiary/aromatic N) is 1. The Morgan fingerprint density at radius 1 is 1.45 bits per heavy atom. The zero-order valence-corrected chi connectivity index (χ0v) is 6.67. The third-order valence-electron chi connectivity index (χ3n) is 2.11. The van der Waals surface area contributed by atoms with Gasteiger partial charge in [-0.2, -0.15) is 0 Å². The summed E-state index contributed by atoms with van der Waals surface area (Å²) < 4.78 is 0. The van der Waals surface area contributed by atoms with E-state index in [0.717, 1.165) is 18.8 Å². The molecule has 11 heavy (non-hydrogen) atoms. The van der Waals surface area contributed by atoms with E-state index in [2.05, 4.69) is 22.4 Å². The first-order valence-electron chi connectivity index (χ1n) is 4.00. The molecule has 0 aromatic carbocycles. The molecular weight excluding hydrogens is 136 g/mol. The van der Waals surface area contributed by atoms with Gasteiger partial charge in [0, 0.05) is 30.4 Å². The van der Waals surface area contributed by atoms with E-state index in [1.807, 2.05) is 13.0 Å². The maximum atomic E-state index is 4.46. The minimum atomic E-state index is 0.662. The molecule has 0 aliphatic carbocycles. The quantitative estimate of drug-likeness (QED) is 0.644. The summed E-state index contributed by atoms with van der Waals surface area (Å²) in [6, 6.07) is 6.23. The van der Waals surface area contributed by atoms with Gasteiger partial charge in [-0.05, 0) is 19.1 Å². The first-order chi connectivity index (χ1) is 5.36. The average molecular weight is 148 g/mol. The van der Waals surface area contributed by atoms with E-state index in [-0.39, 0.29) is 0 Å². The lowest BCUT2D eigenvalue weighted by atomic mass is 9.99. The summed E-state index contributed by atoms with van der Waals surface area (Å²) >= 11 is 0. The Morgan fingerprint density at radius 3 is 2.82 bits per heavy atom. The van der Waals surface area contributed by atoms with Crippen molar-refractivity contribution in [2.75, 3.05) is 13.1 Å². The van der Waals surface area contributed by atoms with Crippen molar-refractivity contribution in [3.05, 3.63) is 29.6 Å². The number of pyridine rings is 1. The summed E-state index contributed by atoms with van der Waals surface area (Å²) in [5, 5.41) is 3.24. The minimum Gasteiger partial charge on any atom is -0.315 e. The molecule has 1 aromatic heterocycles. The Balaban J connectivity index is 2.23. The Bertz CT molecular complexity index is 253. The first kappa shape index (κ1) is 6.80. The predicted octanol–water partition coefficient (Wildman–Crippen LogP) is 1.08. The van der Waals surface area contributed by atoms with E-state index in [0.29, 0.717) is 5.92 Å². The second-order valence-corrected chi connectivity index (χ2v) is 3.06. The summed E-state index contributed by atoms with van der Waals surface area (Å²) in [6.07, 6.45) is 0. The van der Waals surface area contributed by atoms with E-state index >= 15 is 0 Å². The molecule has 2 rings (SSSR count). The van der Waals surface area contributed by atoms with Gasteiger partial charge in [0.1, 0.15) is 0 Å². The molecule has 0 spiro atoms. The van der Waals surface area contributed by atoms with Crippen molar-refractivity contribution >= 4 is 0 Å². The highest BCUT2D eigenvalue weighted by Crippen LogP contribution is 2.16. The summed E-state index contributed by atoms with van der Waals surface area (Å²) in [4.78, 5) is 4.46. The Hall–Kier alpha value is -0.890. The van der Waals surface area contributed by atoms with Crippen LogP contribution in [0.4, 0.5) is 0 Å². The van der Waals surface area contributed by atoms with E-state index in [9.17, 15) is 0 Å². The second kappa shape index (κ2) is 2.62. The zero-order chi connectivity index (χ0) is 7.68. The lowest BCUT2D eigenvalue weighted by molar-refractivity contribution is 0.439. The molecule has 0 saturated carbocycles. The Morgan fingerprint density at radius 2 is 2.27 bits per heavy atom. The maximum absolute atomic E-state index is 4.46. The van der Waals surface area contributed by atoms with Crippen LogP contribution in [0.2, 0.25) is 0 Å². The molecule has 1 N–H and O–H groups in total. The van der Waals surface area contributed by atoms with Crippen LogP contribution in [0.15, 0.2) is 18.2 Å². The van der Waals surface area contributed by atoms with Crippen molar-refractivity contribution in [3.63, 3.8) is 0 Å². The summed E-state index contributed by atoms with van der Waals surface area (Å²) in [6.45, 7) is 4.22. The van der Waals surface area contributed by atoms with Crippen molar-refractivity contribution in [3.8, 4) is 0 Å². The van der Waals surface area contributed by atoms with Crippen molar-refractivity contribution < 1.29 is 0 Å². The van der Waals surface area contributed by atoms with E-state index < -0.39 is 0 Å². The minimum absolute atomic E-state index is 0.662. The molecule has 58 valence electrons. The van der Waals surface area contributed by atoms with Gasteiger partial charge in [-0.1, -0.05) is 6.07 Å². The first-order valence-corrected chi connectivity index (χ1v) is 4.00. The number of rotatable bonds is 1. The Labute approximate surface area is 66.7 Å². The van der Waals surface area contributed by atoms with Crippen molar-refractivity contribution in [2.45, 2.75) is 12.8 Å². The largest absolute Gasteiger partial charge is 0.315 e. The van der Waals surface area contributed by atoms with Gasteiger partial charge in [0.15, 0.2) is 0 Å². The van der Waals surface area contributed by atoms with Crippen LogP contribution in [0.1, 0.15) is 17.3 Å². The highest BCUT2D eigenvalue weighted by Gasteiger charge is 2.19. The molecule has 2 heterocycles. The number of aryl methyl sites for hydroxylation is 1. The molecule has 2 heteroatoms. The van der Waals surface area contributed by atoms with Gasteiger partial charge in [0.05, 0.1) is 0 Å². The van der Waals surface area contributed by atoms with E-state index in [1.54, 1.807) is 0 Å². The average Bonchev–Trinajstić information content (AvgIpc) is 1.83. The standard InChI is InChI=1S/C9H12N2/c1-7-3-2-4-9(11-7)8-5-10-6-8/h2-4,8,10H,5-6H2,1H3. The fourth-order valence-electron chi connectivity index (χ4n) is 1.29. The second-order valence-electron chi connectivity index (χ2n) is 3.06. The van der Waals surface area contributed by atoms with Crippen LogP contribution in [0.3, 0.4) is 0 Å². The molecule has 1 aliphatic heterocycles. The molecule has 1 aliphatic rings. The van der Waals surface area contributed by atoms with Crippen LogP contribution in [-0.4, -0.2) is 18.1 Å². The topological polar surface area (TPSA) is 24.9 Å². The lowest BCUT2D eigenvalue weighted by Gasteiger charge is -2.26. The van der Waals surface area contributed by atoms with Gasteiger partial charge in [0.25, 0.3) is 0 Å². The third kappa shape index (κ3) is 1.26. The molecule has 1 saturated heterocycles. The fourth-order valence-corrected chi connectivity index (χ4v) is 1.29. The van der Waals surface area contributed by atoms with Gasteiger partial charge in [-0.25, -0.2) is 0 Å². The zero-order valence-electron chi connectivity index (χ0n) is 6.67. The molecule has 0 radical (unpaired) electrons. The van der Waals surface area contributed by atoms with Gasteiger partial charge in [-0.3, -0.25) is 4.98 Å². The lowest BCUT2D eigenvalue weighted by Crippen LogP contribution is -2.40. The van der Waals surface area contributed by atoms with Crippen LogP contribution in [0.5, 0.6) is 0 Å². The molecule has 2 nitrogen and oxygen atoms in total. The monoisotopic (exact) mass is 148 g/mol. The van der Waals surface area contributed by atoms with Crippen molar-refractivity contribution in [2.24, 2.45) is 0 Å². The van der Waals surface area contributed by atoms with Crippen LogP contribution in [-0.2, 0) is 0 Å².